The smallest absolute Gasteiger partial charge is 0.286 e. The molecular weight excluding hydrogens is 491 g/mol. The highest BCUT2D eigenvalue weighted by Crippen LogP contribution is 2.48. The van der Waals surface area contributed by atoms with E-state index in [9.17, 15) is 36.3 Å². The lowest BCUT2D eigenvalue weighted by Gasteiger charge is -2.48. The molecule has 2 fully saturated rings. The van der Waals surface area contributed by atoms with Crippen molar-refractivity contribution in [3.63, 3.8) is 0 Å². The van der Waals surface area contributed by atoms with Crippen LogP contribution in [0.15, 0.2) is 23.5 Å². The molecule has 1 heterocycles. The third-order valence-corrected chi connectivity index (χ3v) is 6.46. The second kappa shape index (κ2) is 11.2. The number of halogens is 5. The summed E-state index contributed by atoms with van der Waals surface area (Å²) in [7, 11) is 1.62. The number of benzene rings is 1. The molecule has 1 aromatic carbocycles. The first-order valence-electron chi connectivity index (χ1n) is 10.9. The number of anilines is 1. The Hall–Kier alpha value is -3.26. The lowest BCUT2D eigenvalue weighted by Crippen LogP contribution is -2.63. The van der Waals surface area contributed by atoms with E-state index in [1.807, 2.05) is 0 Å². The molecule has 1 aliphatic heterocycles. The molecule has 0 spiro atoms. The number of carbonyl (C=O) groups is 3. The maximum atomic E-state index is 13.1. The lowest BCUT2D eigenvalue weighted by molar-refractivity contribution is -0.139. The zero-order valence-electron chi connectivity index (χ0n) is 19.9. The summed E-state index contributed by atoms with van der Waals surface area (Å²) < 4.78 is 64.6. The van der Waals surface area contributed by atoms with Gasteiger partial charge in [0.05, 0.1) is 11.5 Å². The minimum absolute atomic E-state index is 0.168. The van der Waals surface area contributed by atoms with Crippen LogP contribution < -0.4 is 27.6 Å². The number of carbonyl (C=O) groups excluding carboxylic acids is 3. The quantitative estimate of drug-likeness (QED) is 0.0956. The number of nitrogens with one attached hydrogen (secondary N) is 3. The Balaban J connectivity index is 0.000000281. The number of nitrogens with zero attached hydrogens (tertiary/aromatic N) is 1. The first-order valence-corrected chi connectivity index (χ1v) is 10.9. The van der Waals surface area contributed by atoms with Gasteiger partial charge >= 0.3 is 0 Å². The molecule has 2 aliphatic rings. The predicted molar refractivity (Wildman–Crippen MR) is 120 cm³/mol. The van der Waals surface area contributed by atoms with E-state index >= 15 is 0 Å². The Labute approximate surface area is 204 Å². The number of rotatable bonds is 6. The molecule has 3 rings (SSSR count). The summed E-state index contributed by atoms with van der Waals surface area (Å²) in [6.45, 7) is 3.50. The molecule has 1 saturated heterocycles. The summed E-state index contributed by atoms with van der Waals surface area (Å²) in [6, 6.07) is 0.821. The fourth-order valence-corrected chi connectivity index (χ4v) is 4.30. The Morgan fingerprint density at radius 1 is 1.17 bits per heavy atom. The summed E-state index contributed by atoms with van der Waals surface area (Å²) >= 11 is 0. The molecule has 0 aromatic heterocycles. The first kappa shape index (κ1) is 29.0. The SMILES string of the molecule is CC1C(C(=O)Nc2cc(F)c(F)c(F)c2)CCN1C(=O)C=O.CNC1(/C(N)=C(\C)NN)CC(F)(F)C1. The number of nitrogens with two attached hydrogens (primary N) is 2. The maximum absolute atomic E-state index is 13.1. The van der Waals surface area contributed by atoms with Gasteiger partial charge in [0.25, 0.3) is 11.8 Å². The van der Waals surface area contributed by atoms with Crippen LogP contribution in [-0.2, 0) is 14.4 Å². The van der Waals surface area contributed by atoms with Crippen molar-refractivity contribution in [2.45, 2.75) is 50.6 Å². The fourth-order valence-electron chi connectivity index (χ4n) is 4.30. The van der Waals surface area contributed by atoms with E-state index in [-0.39, 0.29) is 31.4 Å². The van der Waals surface area contributed by atoms with Crippen LogP contribution in [0.1, 0.15) is 33.1 Å². The molecule has 200 valence electrons. The second-order valence-corrected chi connectivity index (χ2v) is 8.75. The van der Waals surface area contributed by atoms with Crippen LogP contribution in [0.2, 0.25) is 0 Å². The van der Waals surface area contributed by atoms with Gasteiger partial charge in [-0.05, 0) is 27.3 Å². The van der Waals surface area contributed by atoms with E-state index in [1.165, 1.54) is 4.90 Å². The van der Waals surface area contributed by atoms with Crippen molar-refractivity contribution in [1.82, 2.24) is 15.6 Å². The third kappa shape index (κ3) is 6.10. The largest absolute Gasteiger partial charge is 0.399 e. The number of amides is 2. The molecule has 14 heteroatoms. The van der Waals surface area contributed by atoms with Gasteiger partial charge in [-0.3, -0.25) is 20.2 Å². The average Bonchev–Trinajstić information content (AvgIpc) is 3.20. The van der Waals surface area contributed by atoms with Crippen LogP contribution in [-0.4, -0.2) is 54.1 Å². The Bertz CT molecular complexity index is 1020. The van der Waals surface area contributed by atoms with Gasteiger partial charge in [0, 0.05) is 54.6 Å². The topological polar surface area (TPSA) is 143 Å². The zero-order chi connectivity index (χ0) is 27.4. The number of allylic oxidation sites excluding steroid dienone is 1. The van der Waals surface area contributed by atoms with Crippen LogP contribution in [0.25, 0.3) is 0 Å². The van der Waals surface area contributed by atoms with Crippen LogP contribution in [0.4, 0.5) is 27.6 Å². The molecular formula is C22H29F5N6O3. The Morgan fingerprint density at radius 3 is 2.17 bits per heavy atom. The molecule has 7 N–H and O–H groups in total. The minimum atomic E-state index is -2.62. The van der Waals surface area contributed by atoms with Crippen molar-refractivity contribution in [1.29, 1.82) is 0 Å². The van der Waals surface area contributed by atoms with E-state index in [1.54, 1.807) is 20.9 Å². The van der Waals surface area contributed by atoms with Crippen molar-refractivity contribution >= 4 is 23.8 Å². The van der Waals surface area contributed by atoms with Gasteiger partial charge in [0.1, 0.15) is 0 Å². The van der Waals surface area contributed by atoms with Crippen molar-refractivity contribution in [3.8, 4) is 0 Å². The maximum Gasteiger partial charge on any atom is 0.286 e. The molecule has 0 radical (unpaired) electrons. The van der Waals surface area contributed by atoms with Gasteiger partial charge in [0.15, 0.2) is 17.5 Å². The van der Waals surface area contributed by atoms with E-state index in [0.717, 1.165) is 0 Å². The second-order valence-electron chi connectivity index (χ2n) is 8.75. The Morgan fingerprint density at radius 2 is 1.72 bits per heavy atom. The molecule has 2 amide bonds. The van der Waals surface area contributed by atoms with Gasteiger partial charge in [-0.2, -0.15) is 0 Å². The number of hydrogen-bond donors (Lipinski definition) is 5. The van der Waals surface area contributed by atoms with Crippen molar-refractivity contribution in [2.75, 3.05) is 18.9 Å². The third-order valence-electron chi connectivity index (χ3n) is 6.46. The normalized spacial score (nSPS) is 22.4. The molecule has 2 atom stereocenters. The molecule has 1 aliphatic carbocycles. The highest BCUT2D eigenvalue weighted by molar-refractivity contribution is 6.23. The van der Waals surface area contributed by atoms with Crippen LogP contribution in [0.3, 0.4) is 0 Å². The number of hydrogen-bond acceptors (Lipinski definition) is 7. The van der Waals surface area contributed by atoms with E-state index in [4.69, 9.17) is 11.6 Å². The van der Waals surface area contributed by atoms with Gasteiger partial charge in [-0.1, -0.05) is 0 Å². The molecule has 0 bridgehead atoms. The molecule has 9 nitrogen and oxygen atoms in total. The van der Waals surface area contributed by atoms with Gasteiger partial charge in [-0.15, -0.1) is 0 Å². The summed E-state index contributed by atoms with van der Waals surface area (Å²) in [5, 5.41) is 5.12. The van der Waals surface area contributed by atoms with Crippen LogP contribution in [0, 0.1) is 23.4 Å². The average molecular weight is 521 g/mol. The number of likely N-dealkylation sites (tertiary alicyclic amines) is 1. The van der Waals surface area contributed by atoms with Gasteiger partial charge in [0.2, 0.25) is 12.2 Å². The number of alkyl halides is 2. The monoisotopic (exact) mass is 520 g/mol. The predicted octanol–water partition coefficient (Wildman–Crippen LogP) is 1.51. The van der Waals surface area contributed by atoms with Crippen molar-refractivity contribution in [2.24, 2.45) is 17.5 Å². The summed E-state index contributed by atoms with van der Waals surface area (Å²) in [5.41, 5.74) is 7.97. The highest BCUT2D eigenvalue weighted by atomic mass is 19.3. The number of hydrazine groups is 1. The molecule has 1 aromatic rings. The van der Waals surface area contributed by atoms with E-state index in [2.05, 4.69) is 16.1 Å². The summed E-state index contributed by atoms with van der Waals surface area (Å²) in [4.78, 5) is 35.2. The lowest BCUT2D eigenvalue weighted by atomic mass is 9.71. The fraction of sp³-hybridized carbons (Fsp3) is 0.500. The van der Waals surface area contributed by atoms with Crippen molar-refractivity contribution < 1.29 is 36.3 Å². The number of aldehydes is 1. The zero-order valence-corrected chi connectivity index (χ0v) is 19.9. The van der Waals surface area contributed by atoms with Crippen molar-refractivity contribution in [3.05, 3.63) is 41.0 Å². The standard InChI is InChI=1S/C14H13F3N2O3.C8H16F2N4/c1-7-9(2-3-19(7)12(21)6-20)14(22)18-8-4-10(15)13(17)11(16)5-8;1-5(14-12)6(11)7(13-2)3-8(9,10)4-7/h4-7,9H,2-3H2,1H3,(H,18,22);13-14H,3-4,11-12H2,1-2H3/b;6-5-. The molecule has 2 unspecified atom stereocenters. The first-order chi connectivity index (χ1) is 16.7. The van der Waals surface area contributed by atoms with E-state index < -0.39 is 52.7 Å². The molecule has 1 saturated carbocycles. The summed E-state index contributed by atoms with van der Waals surface area (Å²) in [6.07, 6.45) is -0.0665. The van der Waals surface area contributed by atoms with Gasteiger partial charge < -0.3 is 26.7 Å². The molecule has 36 heavy (non-hydrogen) atoms. The summed E-state index contributed by atoms with van der Waals surface area (Å²) in [5.74, 6) is -3.79. The Kier molecular flexibility index (Phi) is 9.02. The minimum Gasteiger partial charge on any atom is -0.399 e. The highest BCUT2D eigenvalue weighted by Gasteiger charge is 2.57. The van der Waals surface area contributed by atoms with Crippen LogP contribution in [0.5, 0.6) is 0 Å². The van der Waals surface area contributed by atoms with Gasteiger partial charge in [-0.25, -0.2) is 22.0 Å². The van der Waals surface area contributed by atoms with E-state index in [0.29, 0.717) is 29.9 Å². The van der Waals surface area contributed by atoms with Crippen LogP contribution >= 0.6 is 0 Å². The number of likely N-dealkylation sites (N-methyl/N-ethyl adjacent to an activating group) is 1.